The Bertz CT molecular complexity index is 193. The van der Waals surface area contributed by atoms with Crippen LogP contribution in [-0.2, 0) is 9.59 Å². The molecule has 13 heavy (non-hydrogen) atoms. The third kappa shape index (κ3) is 3.47. The van der Waals surface area contributed by atoms with E-state index in [9.17, 15) is 9.59 Å². The lowest BCUT2D eigenvalue weighted by Gasteiger charge is -2.16. The largest absolute Gasteiger partial charge is 0.289 e. The summed E-state index contributed by atoms with van der Waals surface area (Å²) in [6.45, 7) is 0. The minimum absolute atomic E-state index is 0.0923. The Labute approximate surface area is 83.6 Å². The molecule has 2 nitrogen and oxygen atoms in total. The Kier molecular flexibility index (Phi) is 4.43. The zero-order chi connectivity index (χ0) is 9.68. The molecule has 0 saturated heterocycles. The number of carbonyl (C=O) groups is 2. The van der Waals surface area contributed by atoms with E-state index < -0.39 is 5.24 Å². The third-order valence-corrected chi connectivity index (χ3v) is 2.86. The van der Waals surface area contributed by atoms with E-state index in [1.54, 1.807) is 0 Å². The van der Waals surface area contributed by atoms with E-state index in [1.165, 1.54) is 19.3 Å². The van der Waals surface area contributed by atoms with Crippen molar-refractivity contribution in [2.75, 3.05) is 0 Å². The molecular weight excluding hydrogens is 188 g/mol. The van der Waals surface area contributed by atoms with Gasteiger partial charge in [0.05, 0.1) is 0 Å². The number of Topliss-reactive ketones (excluding diaryl/α,β-unsaturated/α-hetero) is 1. The maximum atomic E-state index is 11.3. The minimum atomic E-state index is -0.787. The Morgan fingerprint density at radius 1 is 0.923 bits per heavy atom. The molecule has 0 amide bonds. The topological polar surface area (TPSA) is 34.1 Å². The highest BCUT2D eigenvalue weighted by Gasteiger charge is 2.23. The summed E-state index contributed by atoms with van der Waals surface area (Å²) < 4.78 is 0. The normalized spacial score (nSPS) is 20.4. The lowest BCUT2D eigenvalue weighted by Crippen LogP contribution is -2.20. The van der Waals surface area contributed by atoms with Crippen LogP contribution >= 0.6 is 11.6 Å². The van der Waals surface area contributed by atoms with Gasteiger partial charge in [0.15, 0.2) is 0 Å². The van der Waals surface area contributed by atoms with Gasteiger partial charge in [0.25, 0.3) is 5.24 Å². The van der Waals surface area contributed by atoms with Crippen molar-refractivity contribution < 1.29 is 9.59 Å². The Hall–Kier alpha value is -0.370. The molecule has 1 fully saturated rings. The first kappa shape index (κ1) is 10.7. The fraction of sp³-hybridized carbons (Fsp3) is 0.800. The van der Waals surface area contributed by atoms with Crippen molar-refractivity contribution in [2.45, 2.75) is 44.9 Å². The van der Waals surface area contributed by atoms with E-state index in [-0.39, 0.29) is 11.7 Å². The summed E-state index contributed by atoms with van der Waals surface area (Å²) in [5.41, 5.74) is 0. The van der Waals surface area contributed by atoms with Crippen molar-refractivity contribution in [3.63, 3.8) is 0 Å². The quantitative estimate of drug-likeness (QED) is 0.510. The lowest BCUT2D eigenvalue weighted by molar-refractivity contribution is -0.135. The predicted molar refractivity (Wildman–Crippen MR) is 51.7 cm³/mol. The maximum absolute atomic E-state index is 11.3. The number of carbonyl (C=O) groups excluding carboxylic acids is 2. The van der Waals surface area contributed by atoms with Gasteiger partial charge >= 0.3 is 0 Å². The molecule has 0 heterocycles. The van der Waals surface area contributed by atoms with Crippen LogP contribution in [0, 0.1) is 5.92 Å². The van der Waals surface area contributed by atoms with Crippen LogP contribution < -0.4 is 0 Å². The molecule has 0 aromatic rings. The van der Waals surface area contributed by atoms with E-state index in [4.69, 9.17) is 11.6 Å². The summed E-state index contributed by atoms with van der Waals surface area (Å²) in [6, 6.07) is 0. The summed E-state index contributed by atoms with van der Waals surface area (Å²) in [7, 11) is 0. The van der Waals surface area contributed by atoms with Gasteiger partial charge in [0.2, 0.25) is 5.78 Å². The molecule has 0 aliphatic heterocycles. The van der Waals surface area contributed by atoms with Gasteiger partial charge in [-0.05, 0) is 24.4 Å². The van der Waals surface area contributed by atoms with Crippen molar-refractivity contribution in [3.05, 3.63) is 0 Å². The van der Waals surface area contributed by atoms with Gasteiger partial charge in [-0.25, -0.2) is 0 Å². The Balaban J connectivity index is 2.45. The van der Waals surface area contributed by atoms with Crippen LogP contribution in [0.3, 0.4) is 0 Å². The highest BCUT2D eigenvalue weighted by Crippen LogP contribution is 2.23. The van der Waals surface area contributed by atoms with Gasteiger partial charge in [0, 0.05) is 5.92 Å². The number of halogens is 1. The minimum Gasteiger partial charge on any atom is -0.289 e. The molecule has 0 radical (unpaired) electrons. The molecule has 1 saturated carbocycles. The monoisotopic (exact) mass is 202 g/mol. The van der Waals surface area contributed by atoms with Gasteiger partial charge in [-0.1, -0.05) is 32.1 Å². The van der Waals surface area contributed by atoms with Crippen LogP contribution in [0.4, 0.5) is 0 Å². The highest BCUT2D eigenvalue weighted by molar-refractivity contribution is 6.81. The van der Waals surface area contributed by atoms with Crippen LogP contribution in [0.1, 0.15) is 44.9 Å². The van der Waals surface area contributed by atoms with Crippen LogP contribution in [-0.4, -0.2) is 11.0 Å². The van der Waals surface area contributed by atoms with Gasteiger partial charge in [-0.15, -0.1) is 0 Å². The summed E-state index contributed by atoms with van der Waals surface area (Å²) in [5, 5.41) is -0.787. The van der Waals surface area contributed by atoms with E-state index >= 15 is 0 Å². The summed E-state index contributed by atoms with van der Waals surface area (Å²) in [6.07, 6.45) is 7.42. The van der Waals surface area contributed by atoms with Gasteiger partial charge in [-0.2, -0.15) is 0 Å². The van der Waals surface area contributed by atoms with E-state index in [0.717, 1.165) is 25.7 Å². The molecule has 0 atom stereocenters. The molecule has 3 heteroatoms. The van der Waals surface area contributed by atoms with Crippen molar-refractivity contribution in [1.82, 2.24) is 0 Å². The summed E-state index contributed by atoms with van der Waals surface area (Å²) >= 11 is 5.17. The Morgan fingerprint density at radius 3 is 1.85 bits per heavy atom. The molecule has 74 valence electrons. The molecule has 1 aliphatic carbocycles. The first-order chi connectivity index (χ1) is 6.22. The lowest BCUT2D eigenvalue weighted by atomic mass is 9.88. The second kappa shape index (κ2) is 5.38. The molecule has 0 N–H and O–H groups in total. The number of hydrogen-bond acceptors (Lipinski definition) is 2. The van der Waals surface area contributed by atoms with E-state index in [2.05, 4.69) is 0 Å². The molecule has 0 bridgehead atoms. The molecule has 1 aliphatic rings. The van der Waals surface area contributed by atoms with Gasteiger partial charge in [-0.3, -0.25) is 9.59 Å². The molecular formula is C10H15ClO2. The van der Waals surface area contributed by atoms with Crippen LogP contribution in [0.5, 0.6) is 0 Å². The standard InChI is InChI=1S/C10H15ClO2/c11-10(13)9(12)8-6-4-2-1-3-5-7-8/h8H,1-7H2. The molecule has 0 aromatic carbocycles. The number of rotatable bonds is 2. The van der Waals surface area contributed by atoms with E-state index in [1.807, 2.05) is 0 Å². The van der Waals surface area contributed by atoms with Crippen molar-refractivity contribution >= 4 is 22.6 Å². The smallest absolute Gasteiger partial charge is 0.288 e. The molecule has 0 spiro atoms. The average Bonchev–Trinajstić information content (AvgIpc) is 2.02. The third-order valence-electron chi connectivity index (χ3n) is 2.67. The highest BCUT2D eigenvalue weighted by atomic mass is 35.5. The van der Waals surface area contributed by atoms with Crippen LogP contribution in [0.15, 0.2) is 0 Å². The fourth-order valence-electron chi connectivity index (χ4n) is 1.88. The van der Waals surface area contributed by atoms with Gasteiger partial charge < -0.3 is 0 Å². The Morgan fingerprint density at radius 2 is 1.38 bits per heavy atom. The van der Waals surface area contributed by atoms with Crippen molar-refractivity contribution in [2.24, 2.45) is 5.92 Å². The number of ketones is 1. The first-order valence-corrected chi connectivity index (χ1v) is 5.33. The van der Waals surface area contributed by atoms with Crippen molar-refractivity contribution in [3.8, 4) is 0 Å². The summed E-state index contributed by atoms with van der Waals surface area (Å²) in [5.74, 6) is -0.464. The van der Waals surface area contributed by atoms with Crippen LogP contribution in [0.25, 0.3) is 0 Å². The molecule has 0 unspecified atom stereocenters. The van der Waals surface area contributed by atoms with Crippen molar-refractivity contribution in [1.29, 1.82) is 0 Å². The fourth-order valence-corrected chi connectivity index (χ4v) is 2.03. The zero-order valence-corrected chi connectivity index (χ0v) is 8.48. The molecule has 1 rings (SSSR count). The molecule has 0 aromatic heterocycles. The zero-order valence-electron chi connectivity index (χ0n) is 7.72. The summed E-state index contributed by atoms with van der Waals surface area (Å²) in [4.78, 5) is 21.9. The second-order valence-electron chi connectivity index (χ2n) is 3.68. The van der Waals surface area contributed by atoms with Gasteiger partial charge in [0.1, 0.15) is 0 Å². The SMILES string of the molecule is O=C(Cl)C(=O)C1CCCCCCC1. The predicted octanol–water partition coefficient (Wildman–Crippen LogP) is 2.68. The maximum Gasteiger partial charge on any atom is 0.288 e. The number of hydrogen-bond donors (Lipinski definition) is 0. The second-order valence-corrected chi connectivity index (χ2v) is 4.02. The average molecular weight is 203 g/mol. The van der Waals surface area contributed by atoms with Crippen LogP contribution in [0.2, 0.25) is 0 Å². The van der Waals surface area contributed by atoms with E-state index in [0.29, 0.717) is 0 Å². The first-order valence-electron chi connectivity index (χ1n) is 4.95.